The molecule has 3 atom stereocenters. The van der Waals surface area contributed by atoms with Crippen LogP contribution >= 0.6 is 0 Å². The molecule has 2 aromatic carbocycles. The normalized spacial score (nSPS) is 24.7. The quantitative estimate of drug-likeness (QED) is 0.620. The van der Waals surface area contributed by atoms with Gasteiger partial charge in [-0.3, -0.25) is 0 Å². The molecule has 3 rings (SSSR count). The molecular weight excluding hydrogens is 348 g/mol. The van der Waals surface area contributed by atoms with Gasteiger partial charge in [0, 0.05) is 18.9 Å². The summed E-state index contributed by atoms with van der Waals surface area (Å²) in [5, 5.41) is 40.9. The summed E-state index contributed by atoms with van der Waals surface area (Å²) in [7, 11) is 2.97. The molecule has 4 N–H and O–H groups in total. The fourth-order valence-electron chi connectivity index (χ4n) is 4.19. The summed E-state index contributed by atoms with van der Waals surface area (Å²) < 4.78 is 10.3. The highest BCUT2D eigenvalue weighted by atomic mass is 16.5. The van der Waals surface area contributed by atoms with Crippen LogP contribution in [-0.4, -0.2) is 46.9 Å². The first-order chi connectivity index (χ1) is 12.9. The molecule has 27 heavy (non-hydrogen) atoms. The van der Waals surface area contributed by atoms with Crippen molar-refractivity contribution in [1.29, 1.82) is 0 Å². The average Bonchev–Trinajstić information content (AvgIpc) is 2.99. The first kappa shape index (κ1) is 19.3. The molecule has 0 saturated heterocycles. The highest BCUT2D eigenvalue weighted by Gasteiger charge is 2.47. The molecule has 3 unspecified atom stereocenters. The van der Waals surface area contributed by atoms with Crippen molar-refractivity contribution in [2.24, 2.45) is 5.92 Å². The number of hydrogen-bond acceptors (Lipinski definition) is 6. The van der Waals surface area contributed by atoms with Crippen molar-refractivity contribution in [2.75, 3.05) is 20.8 Å². The van der Waals surface area contributed by atoms with Crippen LogP contribution in [0.15, 0.2) is 36.4 Å². The van der Waals surface area contributed by atoms with Gasteiger partial charge in [0.25, 0.3) is 0 Å². The summed E-state index contributed by atoms with van der Waals surface area (Å²) in [5.74, 6) is 0.441. The van der Waals surface area contributed by atoms with Crippen LogP contribution in [0.4, 0.5) is 0 Å². The molecule has 0 radical (unpaired) electrons. The molecule has 2 aromatic rings. The number of aliphatic hydroxyl groups excluding tert-OH is 1. The van der Waals surface area contributed by atoms with E-state index in [2.05, 4.69) is 0 Å². The third-order valence-corrected chi connectivity index (χ3v) is 5.65. The smallest absolute Gasteiger partial charge is 0.160 e. The maximum Gasteiger partial charge on any atom is 0.160 e. The van der Waals surface area contributed by atoms with E-state index in [1.54, 1.807) is 36.4 Å². The molecule has 0 amide bonds. The second kappa shape index (κ2) is 7.66. The van der Waals surface area contributed by atoms with Crippen LogP contribution in [0.5, 0.6) is 23.0 Å². The topological polar surface area (TPSA) is 99.4 Å². The van der Waals surface area contributed by atoms with Crippen molar-refractivity contribution in [3.05, 3.63) is 47.5 Å². The Morgan fingerprint density at radius 1 is 1.00 bits per heavy atom. The maximum atomic E-state index is 11.3. The number of hydrogen-bond donors (Lipinski definition) is 4. The molecule has 0 spiro atoms. The van der Waals surface area contributed by atoms with Crippen LogP contribution in [0.2, 0.25) is 0 Å². The lowest BCUT2D eigenvalue weighted by molar-refractivity contribution is -0.0223. The minimum absolute atomic E-state index is 0.0477. The fourth-order valence-corrected chi connectivity index (χ4v) is 4.19. The average molecular weight is 374 g/mol. The Bertz CT molecular complexity index is 805. The largest absolute Gasteiger partial charge is 0.504 e. The lowest BCUT2D eigenvalue weighted by atomic mass is 9.79. The van der Waals surface area contributed by atoms with Gasteiger partial charge in [0.1, 0.15) is 0 Å². The van der Waals surface area contributed by atoms with E-state index in [-0.39, 0.29) is 29.9 Å². The van der Waals surface area contributed by atoms with Gasteiger partial charge in [0.2, 0.25) is 0 Å². The number of rotatable bonds is 6. The Morgan fingerprint density at radius 2 is 1.63 bits per heavy atom. The van der Waals surface area contributed by atoms with Gasteiger partial charge in [-0.25, -0.2) is 0 Å². The van der Waals surface area contributed by atoms with Gasteiger partial charge in [0.15, 0.2) is 23.0 Å². The summed E-state index contributed by atoms with van der Waals surface area (Å²) in [6, 6.07) is 10.1. The van der Waals surface area contributed by atoms with Crippen LogP contribution in [0.3, 0.4) is 0 Å². The van der Waals surface area contributed by atoms with Crippen molar-refractivity contribution in [3.8, 4) is 23.0 Å². The van der Waals surface area contributed by atoms with E-state index in [0.29, 0.717) is 30.8 Å². The number of aliphatic hydroxyl groups is 2. The molecular formula is C21H26O6. The number of phenolic OH excluding ortho intramolecular Hbond substituents is 2. The molecule has 6 nitrogen and oxygen atoms in total. The SMILES string of the molecule is COc1cc(CC2(O)CCC(c3ccc(O)c(OC)c3)C2CO)ccc1O. The second-order valence-corrected chi connectivity index (χ2v) is 7.15. The zero-order valence-electron chi connectivity index (χ0n) is 15.6. The lowest BCUT2D eigenvalue weighted by Gasteiger charge is -2.32. The van der Waals surface area contributed by atoms with E-state index >= 15 is 0 Å². The van der Waals surface area contributed by atoms with Gasteiger partial charge in [0.05, 0.1) is 19.8 Å². The third-order valence-electron chi connectivity index (χ3n) is 5.65. The standard InChI is InChI=1S/C21H26O6/c1-26-19-9-13(3-5-17(19)23)11-21(25)8-7-15(16(21)12-22)14-4-6-18(24)20(10-14)27-2/h3-6,9-10,15-16,22-25H,7-8,11-12H2,1-2H3. The van der Waals surface area contributed by atoms with E-state index in [1.165, 1.54) is 14.2 Å². The zero-order chi connectivity index (χ0) is 19.6. The Labute approximate surface area is 158 Å². The molecule has 1 saturated carbocycles. The Morgan fingerprint density at radius 3 is 2.26 bits per heavy atom. The first-order valence-corrected chi connectivity index (χ1v) is 8.98. The van der Waals surface area contributed by atoms with Gasteiger partial charge in [-0.15, -0.1) is 0 Å². The van der Waals surface area contributed by atoms with Gasteiger partial charge in [-0.2, -0.15) is 0 Å². The summed E-state index contributed by atoms with van der Waals surface area (Å²) >= 11 is 0. The molecule has 1 aliphatic carbocycles. The molecule has 1 aliphatic rings. The van der Waals surface area contributed by atoms with E-state index in [4.69, 9.17) is 9.47 Å². The minimum atomic E-state index is -1.08. The highest BCUT2D eigenvalue weighted by Crippen LogP contribution is 2.48. The lowest BCUT2D eigenvalue weighted by Crippen LogP contribution is -2.39. The summed E-state index contributed by atoms with van der Waals surface area (Å²) in [5.41, 5.74) is 0.671. The van der Waals surface area contributed by atoms with Gasteiger partial charge in [-0.1, -0.05) is 12.1 Å². The Balaban J connectivity index is 1.87. The molecule has 1 fully saturated rings. The molecule has 6 heteroatoms. The minimum Gasteiger partial charge on any atom is -0.504 e. The Hall–Kier alpha value is -2.44. The Kier molecular flexibility index (Phi) is 5.48. The summed E-state index contributed by atoms with van der Waals surface area (Å²) in [6.07, 6.45) is 1.60. The van der Waals surface area contributed by atoms with E-state index < -0.39 is 5.60 Å². The predicted molar refractivity (Wildman–Crippen MR) is 101 cm³/mol. The predicted octanol–water partition coefficient (Wildman–Crippen LogP) is 2.57. The molecule has 0 aliphatic heterocycles. The number of ether oxygens (including phenoxy) is 2. The first-order valence-electron chi connectivity index (χ1n) is 8.98. The van der Waals surface area contributed by atoms with Crippen LogP contribution in [0, 0.1) is 5.92 Å². The van der Waals surface area contributed by atoms with Gasteiger partial charge in [-0.05, 0) is 54.2 Å². The van der Waals surface area contributed by atoms with Gasteiger partial charge < -0.3 is 29.9 Å². The van der Waals surface area contributed by atoms with E-state index in [1.807, 2.05) is 0 Å². The zero-order valence-corrected chi connectivity index (χ0v) is 15.6. The molecule has 146 valence electrons. The maximum absolute atomic E-state index is 11.3. The van der Waals surface area contributed by atoms with Gasteiger partial charge >= 0.3 is 0 Å². The monoisotopic (exact) mass is 374 g/mol. The highest BCUT2D eigenvalue weighted by molar-refractivity contribution is 5.44. The van der Waals surface area contributed by atoms with Crippen LogP contribution in [-0.2, 0) is 6.42 Å². The molecule has 0 bridgehead atoms. The van der Waals surface area contributed by atoms with Crippen molar-refractivity contribution in [1.82, 2.24) is 0 Å². The summed E-state index contributed by atoms with van der Waals surface area (Å²) in [6.45, 7) is -0.153. The second-order valence-electron chi connectivity index (χ2n) is 7.15. The van der Waals surface area contributed by atoms with Crippen molar-refractivity contribution in [2.45, 2.75) is 30.8 Å². The van der Waals surface area contributed by atoms with Crippen molar-refractivity contribution >= 4 is 0 Å². The van der Waals surface area contributed by atoms with Crippen LogP contribution < -0.4 is 9.47 Å². The van der Waals surface area contributed by atoms with Crippen LogP contribution in [0.1, 0.15) is 29.9 Å². The molecule has 0 aromatic heterocycles. The number of aromatic hydroxyl groups is 2. The molecule has 0 heterocycles. The van der Waals surface area contributed by atoms with Crippen molar-refractivity contribution in [3.63, 3.8) is 0 Å². The number of benzene rings is 2. The van der Waals surface area contributed by atoms with Crippen molar-refractivity contribution < 1.29 is 29.9 Å². The van der Waals surface area contributed by atoms with Crippen LogP contribution in [0.25, 0.3) is 0 Å². The fraction of sp³-hybridized carbons (Fsp3) is 0.429. The third kappa shape index (κ3) is 3.68. The van der Waals surface area contributed by atoms with E-state index in [9.17, 15) is 20.4 Å². The summed E-state index contributed by atoms with van der Waals surface area (Å²) in [4.78, 5) is 0. The number of methoxy groups -OCH3 is 2. The number of phenols is 2. The van der Waals surface area contributed by atoms with E-state index in [0.717, 1.165) is 11.1 Å².